The second kappa shape index (κ2) is 16.0. The summed E-state index contributed by atoms with van der Waals surface area (Å²) >= 11 is 6.32. The standard InChI is InChI=1S/C45H47ClN8O6/c46-37-26-34(5-4-31(37)27-47)53-19-14-45(28-53)12-17-51(18-13-45)41(57)29-2-1-3-30(24-29)42(58)52-22-20-50(21-23-52)32-10-15-49(16-11-32)33-6-7-35-36(25-33)44(60)54(43(35)59)38-8-9-39(55)48-40(38)56/h1-7,24-26,32,38H,8-23,28H2,(H,48,55,56). The van der Waals surface area contributed by atoms with Crippen LogP contribution in [0.15, 0.2) is 60.7 Å². The number of likely N-dealkylation sites (tertiary alicyclic amines) is 1. The number of benzene rings is 3. The first kappa shape index (κ1) is 39.7. The molecule has 0 bridgehead atoms. The third-order valence-corrected chi connectivity index (χ3v) is 14.0. The summed E-state index contributed by atoms with van der Waals surface area (Å²) in [4.78, 5) is 89.9. The van der Waals surface area contributed by atoms with Gasteiger partial charge in [-0.05, 0) is 98.5 Å². The van der Waals surface area contributed by atoms with Crippen molar-refractivity contribution in [3.63, 3.8) is 0 Å². The van der Waals surface area contributed by atoms with Crippen LogP contribution in [0.1, 0.15) is 91.9 Å². The Hall–Kier alpha value is -5.78. The van der Waals surface area contributed by atoms with E-state index in [1.807, 2.05) is 28.0 Å². The van der Waals surface area contributed by atoms with E-state index in [4.69, 9.17) is 11.6 Å². The van der Waals surface area contributed by atoms with Gasteiger partial charge in [0.05, 0.1) is 21.7 Å². The number of hydrogen-bond acceptors (Lipinski definition) is 10. The largest absolute Gasteiger partial charge is 0.371 e. The number of nitrogens with zero attached hydrogens (tertiary/aromatic N) is 7. The van der Waals surface area contributed by atoms with Crippen molar-refractivity contribution < 1.29 is 28.8 Å². The average molecular weight is 831 g/mol. The molecule has 6 amide bonds. The number of nitriles is 1. The minimum Gasteiger partial charge on any atom is -0.371 e. The van der Waals surface area contributed by atoms with Gasteiger partial charge in [-0.2, -0.15) is 5.26 Å². The number of carbonyl (C=O) groups is 6. The highest BCUT2D eigenvalue weighted by Crippen LogP contribution is 2.43. The van der Waals surface area contributed by atoms with Crippen LogP contribution < -0.4 is 15.1 Å². The minimum absolute atomic E-state index is 0.0430. The lowest BCUT2D eigenvalue weighted by molar-refractivity contribution is -0.136. The summed E-state index contributed by atoms with van der Waals surface area (Å²) in [5.41, 5.74) is 4.10. The molecule has 0 radical (unpaired) electrons. The van der Waals surface area contributed by atoms with Crippen LogP contribution in [-0.4, -0.2) is 133 Å². The maximum absolute atomic E-state index is 13.7. The van der Waals surface area contributed by atoms with E-state index in [1.54, 1.807) is 42.5 Å². The van der Waals surface area contributed by atoms with Gasteiger partial charge in [-0.1, -0.05) is 17.7 Å². The molecule has 0 aliphatic carbocycles. The van der Waals surface area contributed by atoms with Gasteiger partial charge >= 0.3 is 0 Å². The lowest BCUT2D eigenvalue weighted by Gasteiger charge is -2.43. The van der Waals surface area contributed by atoms with E-state index in [1.165, 1.54) is 0 Å². The minimum atomic E-state index is -0.993. The van der Waals surface area contributed by atoms with E-state index in [0.717, 1.165) is 87.6 Å². The molecule has 3 aromatic rings. The van der Waals surface area contributed by atoms with E-state index < -0.39 is 29.7 Å². The molecule has 1 spiro atoms. The molecule has 6 aliphatic heterocycles. The Balaban J connectivity index is 0.745. The number of piperidine rings is 3. The quantitative estimate of drug-likeness (QED) is 0.358. The Morgan fingerprint density at radius 2 is 1.33 bits per heavy atom. The van der Waals surface area contributed by atoms with E-state index >= 15 is 0 Å². The van der Waals surface area contributed by atoms with Crippen molar-refractivity contribution >= 4 is 58.4 Å². The highest BCUT2D eigenvalue weighted by molar-refractivity contribution is 6.32. The van der Waals surface area contributed by atoms with Crippen LogP contribution in [0.3, 0.4) is 0 Å². The van der Waals surface area contributed by atoms with Gasteiger partial charge < -0.3 is 19.6 Å². The summed E-state index contributed by atoms with van der Waals surface area (Å²) in [5.74, 6) is -2.15. The van der Waals surface area contributed by atoms with Crippen molar-refractivity contribution in [1.29, 1.82) is 5.26 Å². The van der Waals surface area contributed by atoms with Crippen molar-refractivity contribution in [2.24, 2.45) is 5.41 Å². The molecule has 5 saturated heterocycles. The number of imide groups is 2. The van der Waals surface area contributed by atoms with Gasteiger partial charge in [0.2, 0.25) is 11.8 Å². The molecule has 6 aliphatic rings. The van der Waals surface area contributed by atoms with Gasteiger partial charge in [0, 0.05) is 100 Å². The summed E-state index contributed by atoms with van der Waals surface area (Å²) in [6.07, 6.45) is 4.87. The zero-order valence-electron chi connectivity index (χ0n) is 33.4. The molecule has 0 saturated carbocycles. The van der Waals surface area contributed by atoms with Crippen LogP contribution in [0, 0.1) is 16.7 Å². The first-order valence-electron chi connectivity index (χ1n) is 21.0. The zero-order valence-corrected chi connectivity index (χ0v) is 34.2. The summed E-state index contributed by atoms with van der Waals surface area (Å²) < 4.78 is 0. The molecular formula is C45H47ClN8O6. The highest BCUT2D eigenvalue weighted by Gasteiger charge is 2.45. The van der Waals surface area contributed by atoms with Crippen LogP contribution in [0.4, 0.5) is 11.4 Å². The van der Waals surface area contributed by atoms with Crippen molar-refractivity contribution in [2.45, 2.75) is 57.0 Å². The summed E-state index contributed by atoms with van der Waals surface area (Å²) in [6, 6.07) is 19.5. The lowest BCUT2D eigenvalue weighted by Crippen LogP contribution is -2.54. The molecule has 5 fully saturated rings. The average Bonchev–Trinajstić information content (AvgIpc) is 3.80. The first-order valence-corrected chi connectivity index (χ1v) is 21.4. The predicted octanol–water partition coefficient (Wildman–Crippen LogP) is 4.17. The second-order valence-electron chi connectivity index (χ2n) is 17.0. The van der Waals surface area contributed by atoms with Crippen LogP contribution in [0.5, 0.6) is 0 Å². The van der Waals surface area contributed by atoms with Crippen molar-refractivity contribution in [3.8, 4) is 6.07 Å². The van der Waals surface area contributed by atoms with Gasteiger partial charge in [0.25, 0.3) is 23.6 Å². The fourth-order valence-corrected chi connectivity index (χ4v) is 10.3. The maximum Gasteiger partial charge on any atom is 0.262 e. The number of amides is 6. The normalized spacial score (nSPS) is 22.3. The molecule has 1 atom stereocenters. The number of nitrogens with one attached hydrogen (secondary N) is 1. The molecule has 60 heavy (non-hydrogen) atoms. The Morgan fingerprint density at radius 1 is 0.700 bits per heavy atom. The Labute approximate surface area is 353 Å². The number of anilines is 2. The number of piperazine rings is 1. The van der Waals surface area contributed by atoms with Gasteiger partial charge in [-0.3, -0.25) is 43.9 Å². The molecular weight excluding hydrogens is 784 g/mol. The number of halogens is 1. The van der Waals surface area contributed by atoms with Crippen LogP contribution >= 0.6 is 11.6 Å². The fraction of sp³-hybridized carbons (Fsp3) is 0.444. The van der Waals surface area contributed by atoms with Gasteiger partial charge in [0.15, 0.2) is 0 Å². The summed E-state index contributed by atoms with van der Waals surface area (Å²) in [7, 11) is 0. The van der Waals surface area contributed by atoms with Crippen molar-refractivity contribution in [1.82, 2.24) is 24.9 Å². The van der Waals surface area contributed by atoms with Gasteiger partial charge in [-0.25, -0.2) is 0 Å². The lowest BCUT2D eigenvalue weighted by atomic mass is 9.77. The molecule has 9 rings (SSSR count). The van der Waals surface area contributed by atoms with Gasteiger partial charge in [0.1, 0.15) is 12.1 Å². The Kier molecular flexibility index (Phi) is 10.6. The molecule has 14 nitrogen and oxygen atoms in total. The number of hydrogen-bond donors (Lipinski definition) is 1. The number of rotatable bonds is 6. The third kappa shape index (κ3) is 7.38. The maximum atomic E-state index is 13.7. The Bertz CT molecular complexity index is 2320. The van der Waals surface area contributed by atoms with Crippen molar-refractivity contribution in [2.75, 3.05) is 75.2 Å². The predicted molar refractivity (Wildman–Crippen MR) is 223 cm³/mol. The molecule has 3 aromatic carbocycles. The number of fused-ring (bicyclic) bond motifs is 1. The second-order valence-corrected chi connectivity index (χ2v) is 17.5. The monoisotopic (exact) mass is 830 g/mol. The van der Waals surface area contributed by atoms with E-state index in [9.17, 15) is 34.0 Å². The van der Waals surface area contributed by atoms with E-state index in [-0.39, 0.29) is 41.2 Å². The SMILES string of the molecule is N#Cc1ccc(N2CCC3(CCN(C(=O)c4cccc(C(=O)N5CCN(C6CCN(c7ccc8c(c7)C(=O)N(C7CCC(=O)NC7=O)C8=O)CC6)CC5)c4)CC3)C2)cc1Cl. The molecule has 310 valence electrons. The van der Waals surface area contributed by atoms with Crippen LogP contribution in [0.25, 0.3) is 0 Å². The Morgan fingerprint density at radius 3 is 2.00 bits per heavy atom. The molecule has 0 aromatic heterocycles. The highest BCUT2D eigenvalue weighted by atomic mass is 35.5. The topological polar surface area (TPSA) is 158 Å². The molecule has 1 unspecified atom stereocenters. The summed E-state index contributed by atoms with van der Waals surface area (Å²) in [5, 5.41) is 11.9. The molecule has 6 heterocycles. The summed E-state index contributed by atoms with van der Waals surface area (Å²) in [6.45, 7) is 7.39. The van der Waals surface area contributed by atoms with E-state index in [0.29, 0.717) is 53.9 Å². The molecule has 1 N–H and O–H groups in total. The van der Waals surface area contributed by atoms with Crippen molar-refractivity contribution in [3.05, 3.63) is 93.5 Å². The van der Waals surface area contributed by atoms with Crippen LogP contribution in [0.2, 0.25) is 5.02 Å². The molecule has 15 heteroatoms. The van der Waals surface area contributed by atoms with Gasteiger partial charge in [-0.15, -0.1) is 0 Å². The number of carbonyl (C=O) groups excluding carboxylic acids is 6. The first-order chi connectivity index (χ1) is 29.0. The smallest absolute Gasteiger partial charge is 0.262 e. The zero-order chi connectivity index (χ0) is 41.7. The van der Waals surface area contributed by atoms with Crippen LogP contribution in [-0.2, 0) is 9.59 Å². The van der Waals surface area contributed by atoms with E-state index in [2.05, 4.69) is 26.1 Å². The third-order valence-electron chi connectivity index (χ3n) is 13.7. The fourth-order valence-electron chi connectivity index (χ4n) is 10.1.